The Hall–Kier alpha value is -0.530. The van der Waals surface area contributed by atoms with Crippen LogP contribution in [0.15, 0.2) is 0 Å². The summed E-state index contributed by atoms with van der Waals surface area (Å²) >= 11 is 0. The summed E-state index contributed by atoms with van der Waals surface area (Å²) in [4.78, 5) is 10.5. The minimum absolute atomic E-state index is 0.342. The lowest BCUT2D eigenvalue weighted by Crippen LogP contribution is -2.00. The van der Waals surface area contributed by atoms with Crippen LogP contribution in [-0.2, 0) is 4.79 Å². The van der Waals surface area contributed by atoms with E-state index in [-0.39, 0.29) is 0 Å². The number of rotatable bonds is 17. The molecule has 22 heavy (non-hydrogen) atoms. The smallest absolute Gasteiger partial charge is 0.303 e. The van der Waals surface area contributed by atoms with Crippen molar-refractivity contribution in [1.82, 2.24) is 0 Å². The van der Waals surface area contributed by atoms with Crippen LogP contribution in [0.2, 0.25) is 0 Å². The van der Waals surface area contributed by atoms with Gasteiger partial charge < -0.3 is 5.11 Å². The van der Waals surface area contributed by atoms with Crippen molar-refractivity contribution >= 4 is 5.97 Å². The van der Waals surface area contributed by atoms with Gasteiger partial charge in [0.15, 0.2) is 0 Å². The average molecular weight is 313 g/mol. The van der Waals surface area contributed by atoms with E-state index in [1.807, 2.05) is 0 Å². The minimum atomic E-state index is -0.651. The highest BCUT2D eigenvalue weighted by Gasteiger charge is 2.06. The predicted molar refractivity (Wildman–Crippen MR) is 96.3 cm³/mol. The van der Waals surface area contributed by atoms with E-state index in [2.05, 4.69) is 13.8 Å². The molecule has 0 saturated heterocycles. The summed E-state index contributed by atoms with van der Waals surface area (Å²) < 4.78 is 0. The van der Waals surface area contributed by atoms with Gasteiger partial charge in [0.2, 0.25) is 0 Å². The number of carboxylic acid groups (broad SMARTS) is 1. The van der Waals surface area contributed by atoms with Crippen LogP contribution in [-0.4, -0.2) is 11.1 Å². The quantitative estimate of drug-likeness (QED) is 0.294. The largest absolute Gasteiger partial charge is 0.481 e. The number of carbonyl (C=O) groups is 1. The number of hydrogen-bond donors (Lipinski definition) is 1. The van der Waals surface area contributed by atoms with Crippen LogP contribution in [0, 0.1) is 5.92 Å². The van der Waals surface area contributed by atoms with Gasteiger partial charge in [-0.15, -0.1) is 0 Å². The second-order valence-electron chi connectivity index (χ2n) is 6.88. The maximum atomic E-state index is 10.5. The molecule has 0 bridgehead atoms. The van der Waals surface area contributed by atoms with Gasteiger partial charge in [0.25, 0.3) is 0 Å². The van der Waals surface area contributed by atoms with Crippen LogP contribution in [0.5, 0.6) is 0 Å². The Labute approximate surface area is 139 Å². The summed E-state index contributed by atoms with van der Waals surface area (Å²) in [5, 5.41) is 8.62. The fraction of sp³-hybridized carbons (Fsp3) is 0.950. The lowest BCUT2D eigenvalue weighted by Gasteiger charge is -2.14. The third-order valence-electron chi connectivity index (χ3n) is 4.80. The number of carboxylic acids is 1. The monoisotopic (exact) mass is 312 g/mol. The van der Waals surface area contributed by atoms with Crippen molar-refractivity contribution in [2.24, 2.45) is 5.92 Å². The van der Waals surface area contributed by atoms with E-state index < -0.39 is 5.97 Å². The molecule has 0 aromatic carbocycles. The number of hydrogen-bond acceptors (Lipinski definition) is 1. The van der Waals surface area contributed by atoms with Gasteiger partial charge in [0.05, 0.1) is 0 Å². The molecule has 0 fully saturated rings. The standard InChI is InChI=1S/C20H40O2/c1-3-5-6-7-8-9-10-11-13-16-19(4-2)17-14-12-15-18-20(21)22/h19H,3-18H2,1-2H3,(H,21,22). The Morgan fingerprint density at radius 2 is 1.18 bits per heavy atom. The summed E-state index contributed by atoms with van der Waals surface area (Å²) in [5.41, 5.74) is 0. The summed E-state index contributed by atoms with van der Waals surface area (Å²) in [6.45, 7) is 4.58. The van der Waals surface area contributed by atoms with Gasteiger partial charge in [0, 0.05) is 6.42 Å². The zero-order valence-corrected chi connectivity index (χ0v) is 15.2. The van der Waals surface area contributed by atoms with E-state index in [9.17, 15) is 4.79 Å². The Morgan fingerprint density at radius 3 is 1.64 bits per heavy atom. The van der Waals surface area contributed by atoms with E-state index in [0.717, 1.165) is 18.8 Å². The molecule has 1 unspecified atom stereocenters. The van der Waals surface area contributed by atoms with Crippen LogP contribution in [0.3, 0.4) is 0 Å². The van der Waals surface area contributed by atoms with Gasteiger partial charge in [-0.05, 0) is 12.3 Å². The molecule has 0 amide bonds. The average Bonchev–Trinajstić information content (AvgIpc) is 2.50. The lowest BCUT2D eigenvalue weighted by molar-refractivity contribution is -0.137. The van der Waals surface area contributed by atoms with Crippen molar-refractivity contribution in [3.63, 3.8) is 0 Å². The van der Waals surface area contributed by atoms with Crippen LogP contribution in [0.1, 0.15) is 117 Å². The first kappa shape index (κ1) is 21.5. The van der Waals surface area contributed by atoms with Crippen molar-refractivity contribution in [2.45, 2.75) is 117 Å². The van der Waals surface area contributed by atoms with Gasteiger partial charge in [0.1, 0.15) is 0 Å². The van der Waals surface area contributed by atoms with E-state index in [0.29, 0.717) is 6.42 Å². The third-order valence-corrected chi connectivity index (χ3v) is 4.80. The molecule has 0 aromatic heterocycles. The molecule has 0 aliphatic heterocycles. The molecule has 1 atom stereocenters. The molecular weight excluding hydrogens is 272 g/mol. The number of unbranched alkanes of at least 4 members (excludes halogenated alkanes) is 10. The zero-order chi connectivity index (χ0) is 16.5. The molecule has 0 spiro atoms. The van der Waals surface area contributed by atoms with E-state index >= 15 is 0 Å². The van der Waals surface area contributed by atoms with E-state index in [1.165, 1.54) is 83.5 Å². The Balaban J connectivity index is 3.33. The van der Waals surface area contributed by atoms with Crippen LogP contribution >= 0.6 is 0 Å². The molecule has 1 N–H and O–H groups in total. The normalized spacial score (nSPS) is 12.5. The Kier molecular flexibility index (Phi) is 16.4. The molecule has 0 heterocycles. The number of aliphatic carboxylic acids is 1. The highest BCUT2D eigenvalue weighted by Crippen LogP contribution is 2.21. The highest BCUT2D eigenvalue weighted by molar-refractivity contribution is 5.66. The van der Waals surface area contributed by atoms with Crippen LogP contribution in [0.4, 0.5) is 0 Å². The molecule has 0 aliphatic carbocycles. The summed E-state index contributed by atoms with van der Waals surface area (Å²) in [6.07, 6.45) is 20.1. The van der Waals surface area contributed by atoms with Crippen LogP contribution in [0.25, 0.3) is 0 Å². The van der Waals surface area contributed by atoms with Crippen molar-refractivity contribution in [3.8, 4) is 0 Å². The minimum Gasteiger partial charge on any atom is -0.481 e. The van der Waals surface area contributed by atoms with E-state index in [1.54, 1.807) is 0 Å². The molecule has 0 aromatic rings. The van der Waals surface area contributed by atoms with E-state index in [4.69, 9.17) is 5.11 Å². The fourth-order valence-electron chi connectivity index (χ4n) is 3.18. The summed E-state index contributed by atoms with van der Waals surface area (Å²) in [6, 6.07) is 0. The fourth-order valence-corrected chi connectivity index (χ4v) is 3.18. The lowest BCUT2D eigenvalue weighted by atomic mass is 9.92. The van der Waals surface area contributed by atoms with Crippen molar-refractivity contribution in [3.05, 3.63) is 0 Å². The van der Waals surface area contributed by atoms with Gasteiger partial charge in [-0.3, -0.25) is 4.79 Å². The molecule has 132 valence electrons. The Morgan fingerprint density at radius 1 is 0.727 bits per heavy atom. The zero-order valence-electron chi connectivity index (χ0n) is 15.2. The predicted octanol–water partition coefficient (Wildman–Crippen LogP) is 6.97. The van der Waals surface area contributed by atoms with Gasteiger partial charge in [-0.1, -0.05) is 104 Å². The van der Waals surface area contributed by atoms with Crippen molar-refractivity contribution in [1.29, 1.82) is 0 Å². The first-order valence-corrected chi connectivity index (χ1v) is 9.92. The second kappa shape index (κ2) is 16.8. The van der Waals surface area contributed by atoms with Gasteiger partial charge in [-0.25, -0.2) is 0 Å². The van der Waals surface area contributed by atoms with Crippen molar-refractivity contribution in [2.75, 3.05) is 0 Å². The SMILES string of the molecule is CCCCCCCCCCCC(CC)CCCCCC(=O)O. The summed E-state index contributed by atoms with van der Waals surface area (Å²) in [7, 11) is 0. The highest BCUT2D eigenvalue weighted by atomic mass is 16.4. The molecule has 2 heteroatoms. The van der Waals surface area contributed by atoms with Gasteiger partial charge >= 0.3 is 5.97 Å². The first-order valence-electron chi connectivity index (χ1n) is 9.92. The maximum Gasteiger partial charge on any atom is 0.303 e. The molecule has 0 saturated carbocycles. The van der Waals surface area contributed by atoms with Crippen molar-refractivity contribution < 1.29 is 9.90 Å². The maximum absolute atomic E-state index is 10.5. The molecule has 0 rings (SSSR count). The topological polar surface area (TPSA) is 37.3 Å². The third kappa shape index (κ3) is 15.9. The molecular formula is C20H40O2. The molecule has 2 nitrogen and oxygen atoms in total. The molecule has 0 aliphatic rings. The van der Waals surface area contributed by atoms with Gasteiger partial charge in [-0.2, -0.15) is 0 Å². The summed E-state index contributed by atoms with van der Waals surface area (Å²) in [5.74, 6) is 0.219. The first-order chi connectivity index (χ1) is 10.7. The molecule has 0 radical (unpaired) electrons. The van der Waals surface area contributed by atoms with Crippen LogP contribution < -0.4 is 0 Å². The Bertz CT molecular complexity index is 238. The second-order valence-corrected chi connectivity index (χ2v) is 6.88.